The highest BCUT2D eigenvalue weighted by Crippen LogP contribution is 2.23. The fraction of sp³-hybridized carbons (Fsp3) is 0.125. The van der Waals surface area contributed by atoms with Crippen LogP contribution in [0.1, 0.15) is 15.9 Å². The van der Waals surface area contributed by atoms with E-state index in [9.17, 15) is 4.79 Å². The highest BCUT2D eigenvalue weighted by Gasteiger charge is 2.12. The van der Waals surface area contributed by atoms with Gasteiger partial charge in [-0.3, -0.25) is 9.78 Å². The molecule has 0 aliphatic heterocycles. The maximum Gasteiger partial charge on any atom is 0.253 e. The van der Waals surface area contributed by atoms with Crippen molar-refractivity contribution in [1.29, 1.82) is 0 Å². The number of carbonyl (C=O) groups is 1. The summed E-state index contributed by atoms with van der Waals surface area (Å²) in [4.78, 5) is 19.3. The van der Waals surface area contributed by atoms with E-state index in [1.165, 1.54) is 0 Å². The Hall–Kier alpha value is -2.82. The molecule has 21 heavy (non-hydrogen) atoms. The second kappa shape index (κ2) is 5.66. The van der Waals surface area contributed by atoms with Crippen molar-refractivity contribution in [3.63, 3.8) is 0 Å². The average Bonchev–Trinajstić information content (AvgIpc) is 2.96. The first-order chi connectivity index (χ1) is 10.3. The number of carbonyl (C=O) groups excluding carboxylic acids is 1. The fourth-order valence-corrected chi connectivity index (χ4v) is 2.20. The van der Waals surface area contributed by atoms with Crippen LogP contribution in [0.3, 0.4) is 0 Å². The number of H-pyrrole nitrogens is 1. The van der Waals surface area contributed by atoms with E-state index in [2.05, 4.69) is 15.3 Å². The Morgan fingerprint density at radius 2 is 2.10 bits per heavy atom. The van der Waals surface area contributed by atoms with Crippen LogP contribution < -0.4 is 10.1 Å². The average molecular weight is 281 g/mol. The Kier molecular flexibility index (Phi) is 3.55. The molecule has 2 N–H and O–H groups in total. The Balaban J connectivity index is 1.78. The molecule has 3 aromatic rings. The van der Waals surface area contributed by atoms with Gasteiger partial charge in [0, 0.05) is 42.1 Å². The van der Waals surface area contributed by atoms with Crippen molar-refractivity contribution in [2.75, 3.05) is 7.11 Å². The van der Waals surface area contributed by atoms with Crippen molar-refractivity contribution in [1.82, 2.24) is 15.3 Å². The molecule has 0 aliphatic carbocycles. The number of aromatic nitrogens is 2. The number of rotatable bonds is 4. The van der Waals surface area contributed by atoms with Crippen LogP contribution in [0, 0.1) is 0 Å². The van der Waals surface area contributed by atoms with Gasteiger partial charge in [-0.15, -0.1) is 0 Å². The van der Waals surface area contributed by atoms with Crippen molar-refractivity contribution < 1.29 is 9.53 Å². The molecule has 5 heteroatoms. The van der Waals surface area contributed by atoms with E-state index < -0.39 is 0 Å². The summed E-state index contributed by atoms with van der Waals surface area (Å²) in [5, 5.41) is 3.78. The van der Waals surface area contributed by atoms with Gasteiger partial charge in [0.2, 0.25) is 0 Å². The van der Waals surface area contributed by atoms with Gasteiger partial charge in [0.1, 0.15) is 5.75 Å². The van der Waals surface area contributed by atoms with Crippen LogP contribution in [0.4, 0.5) is 0 Å². The highest BCUT2D eigenvalue weighted by molar-refractivity contribution is 6.06. The lowest BCUT2D eigenvalue weighted by atomic mass is 10.1. The van der Waals surface area contributed by atoms with Gasteiger partial charge >= 0.3 is 0 Å². The maximum atomic E-state index is 12.3. The predicted octanol–water partition coefficient (Wildman–Crippen LogP) is 2.50. The summed E-state index contributed by atoms with van der Waals surface area (Å²) in [6, 6.07) is 9.34. The molecule has 0 unspecified atom stereocenters. The lowest BCUT2D eigenvalue weighted by Gasteiger charge is -2.04. The van der Waals surface area contributed by atoms with Crippen LogP contribution in [0.15, 0.2) is 48.9 Å². The summed E-state index contributed by atoms with van der Waals surface area (Å²) in [5.41, 5.74) is 2.52. The first kappa shape index (κ1) is 13.2. The van der Waals surface area contributed by atoms with Crippen molar-refractivity contribution in [3.05, 3.63) is 60.0 Å². The zero-order valence-electron chi connectivity index (χ0n) is 11.6. The Bertz CT molecular complexity index is 766. The van der Waals surface area contributed by atoms with Crippen LogP contribution in [-0.2, 0) is 6.54 Å². The lowest BCUT2D eigenvalue weighted by Crippen LogP contribution is -2.22. The minimum atomic E-state index is -0.108. The molecule has 0 saturated heterocycles. The number of benzene rings is 1. The molecule has 0 fully saturated rings. The van der Waals surface area contributed by atoms with Crippen LogP contribution in [0.5, 0.6) is 5.75 Å². The molecule has 0 atom stereocenters. The molecule has 1 aromatic carbocycles. The van der Waals surface area contributed by atoms with Crippen molar-refractivity contribution in [2.24, 2.45) is 0 Å². The molecule has 106 valence electrons. The summed E-state index contributed by atoms with van der Waals surface area (Å²) in [6.07, 6.45) is 5.13. The molecule has 5 nitrogen and oxygen atoms in total. The number of hydrogen-bond donors (Lipinski definition) is 2. The monoisotopic (exact) mass is 281 g/mol. The van der Waals surface area contributed by atoms with E-state index >= 15 is 0 Å². The van der Waals surface area contributed by atoms with E-state index in [4.69, 9.17) is 4.74 Å². The fourth-order valence-electron chi connectivity index (χ4n) is 2.20. The number of hydrogen-bond acceptors (Lipinski definition) is 3. The van der Waals surface area contributed by atoms with E-state index in [0.29, 0.717) is 12.1 Å². The third-order valence-electron chi connectivity index (χ3n) is 3.34. The molecule has 0 spiro atoms. The standard InChI is InChI=1S/C16H15N3O2/c1-21-12-2-3-13-14(10-18-15(13)8-12)16(20)19-9-11-4-6-17-7-5-11/h2-8,10,18H,9H2,1H3,(H,19,20). The quantitative estimate of drug-likeness (QED) is 0.772. The number of nitrogens with zero attached hydrogens (tertiary/aromatic N) is 1. The zero-order valence-corrected chi connectivity index (χ0v) is 11.6. The van der Waals surface area contributed by atoms with Gasteiger partial charge in [-0.1, -0.05) is 0 Å². The van der Waals surface area contributed by atoms with Crippen LogP contribution in [-0.4, -0.2) is 23.0 Å². The maximum absolute atomic E-state index is 12.3. The van der Waals surface area contributed by atoms with Gasteiger partial charge in [0.05, 0.1) is 12.7 Å². The zero-order chi connectivity index (χ0) is 14.7. The molecule has 2 aromatic heterocycles. The normalized spacial score (nSPS) is 10.5. The van der Waals surface area contributed by atoms with Crippen LogP contribution >= 0.6 is 0 Å². The summed E-state index contributed by atoms with van der Waals surface area (Å²) < 4.78 is 5.17. The SMILES string of the molecule is COc1ccc2c(C(=O)NCc3ccncc3)c[nH]c2c1. The second-order valence-corrected chi connectivity index (χ2v) is 4.65. The van der Waals surface area contributed by atoms with Crippen LogP contribution in [0.2, 0.25) is 0 Å². The first-order valence-electron chi connectivity index (χ1n) is 6.60. The Morgan fingerprint density at radius 3 is 2.86 bits per heavy atom. The molecule has 0 bridgehead atoms. The summed E-state index contributed by atoms with van der Waals surface area (Å²) in [6.45, 7) is 0.476. The van der Waals surface area contributed by atoms with Crippen molar-refractivity contribution in [3.8, 4) is 5.75 Å². The van der Waals surface area contributed by atoms with Gasteiger partial charge < -0.3 is 15.0 Å². The number of methoxy groups -OCH3 is 1. The molecule has 1 amide bonds. The van der Waals surface area contributed by atoms with Gasteiger partial charge in [-0.2, -0.15) is 0 Å². The summed E-state index contributed by atoms with van der Waals surface area (Å²) >= 11 is 0. The predicted molar refractivity (Wildman–Crippen MR) is 80.3 cm³/mol. The third-order valence-corrected chi connectivity index (χ3v) is 3.34. The van der Waals surface area contributed by atoms with Gasteiger partial charge in [0.25, 0.3) is 5.91 Å². The summed E-state index contributed by atoms with van der Waals surface area (Å²) in [5.74, 6) is 0.649. The molecule has 0 radical (unpaired) electrons. The molecular weight excluding hydrogens is 266 g/mol. The van der Waals surface area contributed by atoms with Crippen LogP contribution in [0.25, 0.3) is 10.9 Å². The van der Waals surface area contributed by atoms with E-state index in [1.807, 2.05) is 30.3 Å². The minimum Gasteiger partial charge on any atom is -0.497 e. The minimum absolute atomic E-state index is 0.108. The third kappa shape index (κ3) is 2.72. The molecule has 0 aliphatic rings. The Labute approximate surface area is 122 Å². The van der Waals surface area contributed by atoms with Gasteiger partial charge in [0.15, 0.2) is 0 Å². The molecule has 0 saturated carbocycles. The van der Waals surface area contributed by atoms with Crippen molar-refractivity contribution in [2.45, 2.75) is 6.54 Å². The number of ether oxygens (including phenoxy) is 1. The van der Waals surface area contributed by atoms with E-state index in [1.54, 1.807) is 25.7 Å². The number of pyridine rings is 1. The Morgan fingerprint density at radius 1 is 1.29 bits per heavy atom. The van der Waals surface area contributed by atoms with E-state index in [-0.39, 0.29) is 5.91 Å². The molecular formula is C16H15N3O2. The van der Waals surface area contributed by atoms with Gasteiger partial charge in [-0.05, 0) is 29.8 Å². The number of aromatic amines is 1. The topological polar surface area (TPSA) is 67.0 Å². The smallest absolute Gasteiger partial charge is 0.253 e. The largest absolute Gasteiger partial charge is 0.497 e. The van der Waals surface area contributed by atoms with E-state index in [0.717, 1.165) is 22.2 Å². The lowest BCUT2D eigenvalue weighted by molar-refractivity contribution is 0.0952. The highest BCUT2D eigenvalue weighted by atomic mass is 16.5. The summed E-state index contributed by atoms with van der Waals surface area (Å²) in [7, 11) is 1.62. The van der Waals surface area contributed by atoms with Gasteiger partial charge in [-0.25, -0.2) is 0 Å². The molecule has 3 rings (SSSR count). The first-order valence-corrected chi connectivity index (χ1v) is 6.60. The number of amides is 1. The number of nitrogens with one attached hydrogen (secondary N) is 2. The second-order valence-electron chi connectivity index (χ2n) is 4.65. The molecule has 2 heterocycles. The number of fused-ring (bicyclic) bond motifs is 1. The van der Waals surface area contributed by atoms with Crippen molar-refractivity contribution >= 4 is 16.8 Å².